The summed E-state index contributed by atoms with van der Waals surface area (Å²) in [6, 6.07) is 5.26. The van der Waals surface area contributed by atoms with Crippen molar-refractivity contribution in [2.45, 2.75) is 6.92 Å². The van der Waals surface area contributed by atoms with Crippen LogP contribution in [-0.2, 0) is 4.79 Å². The van der Waals surface area contributed by atoms with Gasteiger partial charge in [-0.2, -0.15) is 0 Å². The van der Waals surface area contributed by atoms with Gasteiger partial charge in [-0.3, -0.25) is 4.79 Å². The summed E-state index contributed by atoms with van der Waals surface area (Å²) < 4.78 is 10.2. The molecule has 0 radical (unpaired) electrons. The highest BCUT2D eigenvalue weighted by atomic mass is 16.5. The quantitative estimate of drug-likeness (QED) is 0.709. The number of carbonyl (C=O) groups is 1. The number of hydrogen-bond acceptors (Lipinski definition) is 3. The minimum absolute atomic E-state index is 0.0709. The van der Waals surface area contributed by atoms with Crippen LogP contribution in [0.1, 0.15) is 12.5 Å². The fourth-order valence-electron chi connectivity index (χ4n) is 1.24. The van der Waals surface area contributed by atoms with E-state index >= 15 is 0 Å². The van der Waals surface area contributed by atoms with Crippen molar-refractivity contribution in [2.75, 3.05) is 14.2 Å². The summed E-state index contributed by atoms with van der Waals surface area (Å²) in [6.07, 6.45) is 0. The molecule has 0 amide bonds. The second-order valence-corrected chi connectivity index (χ2v) is 3.10. The highest BCUT2D eigenvalue weighted by molar-refractivity contribution is 6.19. The molecule has 0 fully saturated rings. The third-order valence-electron chi connectivity index (χ3n) is 2.16. The Hall–Kier alpha value is -1.77. The normalized spacial score (nSPS) is 9.53. The Morgan fingerprint density at radius 3 is 2.40 bits per heavy atom. The number of ketones is 1. The van der Waals surface area contributed by atoms with Gasteiger partial charge in [0.1, 0.15) is 11.5 Å². The molecule has 0 unspecified atom stereocenters. The molecule has 15 heavy (non-hydrogen) atoms. The molecule has 0 aliphatic carbocycles. The topological polar surface area (TPSA) is 35.5 Å². The second-order valence-electron chi connectivity index (χ2n) is 3.10. The van der Waals surface area contributed by atoms with Crippen LogP contribution in [0, 0.1) is 0 Å². The summed E-state index contributed by atoms with van der Waals surface area (Å²) in [4.78, 5) is 11.2. The van der Waals surface area contributed by atoms with Crippen molar-refractivity contribution in [3.05, 3.63) is 30.3 Å². The van der Waals surface area contributed by atoms with Crippen LogP contribution >= 0.6 is 0 Å². The molecule has 0 aliphatic rings. The fourth-order valence-corrected chi connectivity index (χ4v) is 1.24. The highest BCUT2D eigenvalue weighted by Gasteiger charge is 2.11. The van der Waals surface area contributed by atoms with Crippen molar-refractivity contribution in [1.82, 2.24) is 0 Å². The minimum atomic E-state index is -0.0709. The minimum Gasteiger partial charge on any atom is -0.497 e. The zero-order valence-electron chi connectivity index (χ0n) is 9.16. The number of carbonyl (C=O) groups excluding carboxylic acids is 1. The van der Waals surface area contributed by atoms with Gasteiger partial charge in [-0.05, 0) is 19.1 Å². The predicted octanol–water partition coefficient (Wildman–Crippen LogP) is 2.31. The van der Waals surface area contributed by atoms with Gasteiger partial charge in [0.2, 0.25) is 0 Å². The van der Waals surface area contributed by atoms with Crippen LogP contribution in [0.2, 0.25) is 0 Å². The number of Topliss-reactive ketones (excluding diaryl/α,β-unsaturated/α-hetero) is 1. The Balaban J connectivity index is 3.18. The van der Waals surface area contributed by atoms with E-state index in [-0.39, 0.29) is 5.78 Å². The molecule has 0 N–H and O–H groups in total. The van der Waals surface area contributed by atoms with Gasteiger partial charge >= 0.3 is 0 Å². The SMILES string of the molecule is C=C(C(C)=O)c1ccc(OC)cc1OC. The Kier molecular flexibility index (Phi) is 3.50. The Morgan fingerprint density at radius 2 is 1.93 bits per heavy atom. The van der Waals surface area contributed by atoms with Gasteiger partial charge in [-0.25, -0.2) is 0 Å². The molecule has 1 aromatic carbocycles. The summed E-state index contributed by atoms with van der Waals surface area (Å²) >= 11 is 0. The molecule has 3 nitrogen and oxygen atoms in total. The lowest BCUT2D eigenvalue weighted by Gasteiger charge is -2.10. The van der Waals surface area contributed by atoms with Gasteiger partial charge in [0.05, 0.1) is 14.2 Å². The number of methoxy groups -OCH3 is 2. The molecule has 3 heteroatoms. The maximum absolute atomic E-state index is 11.2. The van der Waals surface area contributed by atoms with E-state index in [1.807, 2.05) is 0 Å². The van der Waals surface area contributed by atoms with E-state index in [1.165, 1.54) is 6.92 Å². The molecule has 80 valence electrons. The lowest BCUT2D eigenvalue weighted by molar-refractivity contribution is -0.111. The molecule has 0 saturated carbocycles. The van der Waals surface area contributed by atoms with Crippen LogP contribution in [0.5, 0.6) is 11.5 Å². The monoisotopic (exact) mass is 206 g/mol. The van der Waals surface area contributed by atoms with Crippen molar-refractivity contribution in [2.24, 2.45) is 0 Å². The first kappa shape index (κ1) is 11.3. The summed E-state index contributed by atoms with van der Waals surface area (Å²) in [5, 5.41) is 0. The van der Waals surface area contributed by atoms with Crippen molar-refractivity contribution < 1.29 is 14.3 Å². The highest BCUT2D eigenvalue weighted by Crippen LogP contribution is 2.29. The number of allylic oxidation sites excluding steroid dienone is 1. The molecule has 0 spiro atoms. The average molecular weight is 206 g/mol. The third-order valence-corrected chi connectivity index (χ3v) is 2.16. The average Bonchev–Trinajstić information content (AvgIpc) is 2.27. The maximum Gasteiger partial charge on any atom is 0.159 e. The lowest BCUT2D eigenvalue weighted by Crippen LogP contribution is -1.98. The maximum atomic E-state index is 11.2. The van der Waals surface area contributed by atoms with E-state index in [1.54, 1.807) is 32.4 Å². The van der Waals surface area contributed by atoms with Crippen molar-refractivity contribution in [3.8, 4) is 11.5 Å². The summed E-state index contributed by atoms with van der Waals surface area (Å²) in [6.45, 7) is 5.20. The van der Waals surface area contributed by atoms with Gasteiger partial charge in [0.25, 0.3) is 0 Å². The molecular weight excluding hydrogens is 192 g/mol. The smallest absolute Gasteiger partial charge is 0.159 e. The van der Waals surface area contributed by atoms with Crippen molar-refractivity contribution >= 4 is 11.4 Å². The van der Waals surface area contributed by atoms with Gasteiger partial charge in [-0.15, -0.1) is 0 Å². The predicted molar refractivity (Wildman–Crippen MR) is 59.3 cm³/mol. The molecule has 1 aromatic rings. The van der Waals surface area contributed by atoms with Crippen LogP contribution in [0.25, 0.3) is 5.57 Å². The Bertz CT molecular complexity index is 394. The van der Waals surface area contributed by atoms with Crippen LogP contribution in [0.15, 0.2) is 24.8 Å². The van der Waals surface area contributed by atoms with E-state index in [0.717, 1.165) is 0 Å². The van der Waals surface area contributed by atoms with Crippen LogP contribution < -0.4 is 9.47 Å². The van der Waals surface area contributed by atoms with Crippen LogP contribution in [0.3, 0.4) is 0 Å². The zero-order valence-corrected chi connectivity index (χ0v) is 9.16. The van der Waals surface area contributed by atoms with Crippen molar-refractivity contribution in [1.29, 1.82) is 0 Å². The van der Waals surface area contributed by atoms with E-state index in [0.29, 0.717) is 22.6 Å². The molecule has 0 aliphatic heterocycles. The first-order valence-corrected chi connectivity index (χ1v) is 4.52. The van der Waals surface area contributed by atoms with E-state index in [9.17, 15) is 4.79 Å². The molecule has 0 atom stereocenters. The molecule has 0 bridgehead atoms. The van der Waals surface area contributed by atoms with E-state index in [2.05, 4.69) is 6.58 Å². The Morgan fingerprint density at radius 1 is 1.27 bits per heavy atom. The van der Waals surface area contributed by atoms with Crippen LogP contribution in [-0.4, -0.2) is 20.0 Å². The summed E-state index contributed by atoms with van der Waals surface area (Å²) in [5.74, 6) is 1.21. The zero-order chi connectivity index (χ0) is 11.4. The molecule has 0 saturated heterocycles. The van der Waals surface area contributed by atoms with Crippen molar-refractivity contribution in [3.63, 3.8) is 0 Å². The number of rotatable bonds is 4. The lowest BCUT2D eigenvalue weighted by atomic mass is 10.0. The summed E-state index contributed by atoms with van der Waals surface area (Å²) in [5.41, 5.74) is 1.14. The Labute approximate surface area is 89.3 Å². The largest absolute Gasteiger partial charge is 0.497 e. The number of ether oxygens (including phenoxy) is 2. The molecule has 0 heterocycles. The van der Waals surface area contributed by atoms with E-state index < -0.39 is 0 Å². The van der Waals surface area contributed by atoms with Gasteiger partial charge in [0, 0.05) is 17.2 Å². The fraction of sp³-hybridized carbons (Fsp3) is 0.250. The van der Waals surface area contributed by atoms with Crippen LogP contribution in [0.4, 0.5) is 0 Å². The first-order chi connectivity index (χ1) is 7.10. The second kappa shape index (κ2) is 4.64. The van der Waals surface area contributed by atoms with Gasteiger partial charge in [0.15, 0.2) is 5.78 Å². The third kappa shape index (κ3) is 2.37. The molecule has 1 rings (SSSR count). The first-order valence-electron chi connectivity index (χ1n) is 4.52. The molecule has 0 aromatic heterocycles. The van der Waals surface area contributed by atoms with Gasteiger partial charge < -0.3 is 9.47 Å². The standard InChI is InChI=1S/C12H14O3/c1-8(9(2)13)11-6-5-10(14-3)7-12(11)15-4/h5-7H,1H2,2-4H3. The summed E-state index contributed by atoms with van der Waals surface area (Å²) in [7, 11) is 3.12. The molecular formula is C12H14O3. The van der Waals surface area contributed by atoms with Gasteiger partial charge in [-0.1, -0.05) is 6.58 Å². The number of benzene rings is 1. The van der Waals surface area contributed by atoms with E-state index in [4.69, 9.17) is 9.47 Å². The number of hydrogen-bond donors (Lipinski definition) is 0.